The number of carbonyl (C=O) groups is 1. The first kappa shape index (κ1) is 22.7. The molecule has 1 aromatic heterocycles. The normalized spacial score (nSPS) is 17.0. The summed E-state index contributed by atoms with van der Waals surface area (Å²) < 4.78 is 11.2. The van der Waals surface area contributed by atoms with E-state index in [0.29, 0.717) is 19.0 Å². The van der Waals surface area contributed by atoms with Gasteiger partial charge in [0.25, 0.3) is 0 Å². The minimum Gasteiger partial charge on any atom is -0.444 e. The van der Waals surface area contributed by atoms with Crippen molar-refractivity contribution in [2.45, 2.75) is 59.2 Å². The Hall–Kier alpha value is -3.03. The second-order valence-electron chi connectivity index (χ2n) is 8.73. The predicted molar refractivity (Wildman–Crippen MR) is 121 cm³/mol. The maximum absolute atomic E-state index is 12.0. The first-order chi connectivity index (χ1) is 14.7. The summed E-state index contributed by atoms with van der Waals surface area (Å²) in [5.74, 6) is 2.08. The van der Waals surface area contributed by atoms with Crippen molar-refractivity contribution in [3.05, 3.63) is 41.9 Å². The van der Waals surface area contributed by atoms with Gasteiger partial charge in [-0.25, -0.2) is 14.8 Å². The molecule has 0 bridgehead atoms. The third kappa shape index (κ3) is 6.73. The molecule has 0 spiro atoms. The van der Waals surface area contributed by atoms with Gasteiger partial charge in [0.15, 0.2) is 11.7 Å². The van der Waals surface area contributed by atoms with Gasteiger partial charge >= 0.3 is 6.09 Å². The maximum atomic E-state index is 12.0. The molecule has 1 aliphatic rings. The lowest BCUT2D eigenvalue weighted by Crippen LogP contribution is -2.44. The lowest BCUT2D eigenvalue weighted by Gasteiger charge is -2.23. The van der Waals surface area contributed by atoms with E-state index < -0.39 is 5.60 Å². The van der Waals surface area contributed by atoms with Crippen LogP contribution in [0.4, 0.5) is 4.79 Å². The maximum Gasteiger partial charge on any atom is 0.407 e. The van der Waals surface area contributed by atoms with Crippen molar-refractivity contribution in [1.29, 1.82) is 0 Å². The van der Waals surface area contributed by atoms with Crippen LogP contribution < -0.4 is 10.6 Å². The van der Waals surface area contributed by atoms with E-state index in [1.807, 2.05) is 52.0 Å². The number of aromatic nitrogens is 1. The molecule has 0 radical (unpaired) electrons. The summed E-state index contributed by atoms with van der Waals surface area (Å²) in [6.45, 7) is 12.2. The zero-order valence-electron chi connectivity index (χ0n) is 19.1. The molecular formula is C23H33N5O3. The Bertz CT molecular complexity index is 899. The number of aryl methyl sites for hydroxylation is 1. The van der Waals surface area contributed by atoms with Gasteiger partial charge in [0.1, 0.15) is 12.1 Å². The molecule has 1 aromatic carbocycles. The van der Waals surface area contributed by atoms with Gasteiger partial charge in [-0.1, -0.05) is 29.8 Å². The molecule has 0 saturated carbocycles. The lowest BCUT2D eigenvalue weighted by molar-refractivity contribution is 0.0507. The molecular weight excluding hydrogens is 394 g/mol. The van der Waals surface area contributed by atoms with Gasteiger partial charge in [-0.2, -0.15) is 0 Å². The number of carbonyl (C=O) groups excluding carboxylic acids is 1. The number of oxazole rings is 1. The summed E-state index contributed by atoms with van der Waals surface area (Å²) in [4.78, 5) is 23.2. The summed E-state index contributed by atoms with van der Waals surface area (Å²) in [6, 6.07) is 8.17. The Labute approximate surface area is 184 Å². The van der Waals surface area contributed by atoms with E-state index >= 15 is 0 Å². The van der Waals surface area contributed by atoms with Crippen LogP contribution in [0.2, 0.25) is 0 Å². The number of benzene rings is 1. The Morgan fingerprint density at radius 1 is 1.32 bits per heavy atom. The number of nitrogens with one attached hydrogen (secondary N) is 2. The molecule has 1 atom stereocenters. The molecule has 1 fully saturated rings. The van der Waals surface area contributed by atoms with Crippen LogP contribution in [0, 0.1) is 6.92 Å². The number of amides is 1. The third-order valence-corrected chi connectivity index (χ3v) is 4.80. The molecule has 1 saturated heterocycles. The van der Waals surface area contributed by atoms with Crippen LogP contribution in [-0.4, -0.2) is 53.2 Å². The quantitative estimate of drug-likeness (QED) is 0.558. The predicted octanol–water partition coefficient (Wildman–Crippen LogP) is 3.71. The van der Waals surface area contributed by atoms with Crippen molar-refractivity contribution in [1.82, 2.24) is 20.5 Å². The van der Waals surface area contributed by atoms with Crippen molar-refractivity contribution >= 4 is 12.1 Å². The van der Waals surface area contributed by atoms with E-state index in [1.54, 1.807) is 6.20 Å². The highest BCUT2D eigenvalue weighted by Gasteiger charge is 2.28. The Kier molecular flexibility index (Phi) is 7.20. The van der Waals surface area contributed by atoms with Crippen molar-refractivity contribution in [3.63, 3.8) is 0 Å². The number of alkyl carbamates (subject to hydrolysis) is 1. The Balaban J connectivity index is 1.59. The van der Waals surface area contributed by atoms with Crippen LogP contribution in [0.25, 0.3) is 11.3 Å². The van der Waals surface area contributed by atoms with E-state index in [1.165, 1.54) is 5.56 Å². The highest BCUT2D eigenvalue weighted by Crippen LogP contribution is 2.21. The van der Waals surface area contributed by atoms with Gasteiger partial charge in [0.05, 0.1) is 12.2 Å². The molecule has 31 heavy (non-hydrogen) atoms. The van der Waals surface area contributed by atoms with Crippen LogP contribution in [0.3, 0.4) is 0 Å². The van der Waals surface area contributed by atoms with Crippen LogP contribution >= 0.6 is 0 Å². The molecule has 8 nitrogen and oxygen atoms in total. The molecule has 1 aliphatic heterocycles. The number of guanidine groups is 1. The number of aliphatic imine (C=N–C) groups is 1. The Morgan fingerprint density at radius 2 is 2.06 bits per heavy atom. The van der Waals surface area contributed by atoms with Crippen molar-refractivity contribution in [2.75, 3.05) is 19.6 Å². The first-order valence-electron chi connectivity index (χ1n) is 10.8. The van der Waals surface area contributed by atoms with Crippen molar-refractivity contribution in [3.8, 4) is 11.3 Å². The molecule has 2 heterocycles. The third-order valence-electron chi connectivity index (χ3n) is 4.80. The van der Waals surface area contributed by atoms with Crippen LogP contribution in [0.5, 0.6) is 0 Å². The van der Waals surface area contributed by atoms with E-state index in [4.69, 9.17) is 14.1 Å². The highest BCUT2D eigenvalue weighted by atomic mass is 16.6. The summed E-state index contributed by atoms with van der Waals surface area (Å²) >= 11 is 0. The Morgan fingerprint density at radius 3 is 2.74 bits per heavy atom. The van der Waals surface area contributed by atoms with Crippen molar-refractivity contribution < 1.29 is 13.9 Å². The number of ether oxygens (including phenoxy) is 1. The highest BCUT2D eigenvalue weighted by molar-refractivity contribution is 5.80. The smallest absolute Gasteiger partial charge is 0.407 e. The molecule has 1 amide bonds. The standard InChI is InChI=1S/C23H33N5O3/c1-6-24-21(28-12-11-18(15-28)27-22(29)31-23(3,4)5)26-14-20-25-13-19(30-20)17-9-7-16(2)8-10-17/h7-10,13,18H,6,11-12,14-15H2,1-5H3,(H,24,26)(H,27,29). The lowest BCUT2D eigenvalue weighted by atomic mass is 10.1. The van der Waals surface area contributed by atoms with Gasteiger partial charge < -0.3 is 24.7 Å². The molecule has 168 valence electrons. The second-order valence-corrected chi connectivity index (χ2v) is 8.73. The zero-order valence-corrected chi connectivity index (χ0v) is 19.1. The molecule has 2 N–H and O–H groups in total. The van der Waals surface area contributed by atoms with E-state index in [2.05, 4.69) is 27.4 Å². The van der Waals surface area contributed by atoms with E-state index in [-0.39, 0.29) is 12.1 Å². The zero-order chi connectivity index (χ0) is 22.4. The number of rotatable bonds is 5. The average molecular weight is 428 g/mol. The van der Waals surface area contributed by atoms with Gasteiger partial charge in [-0.15, -0.1) is 0 Å². The summed E-state index contributed by atoms with van der Waals surface area (Å²) in [6.07, 6.45) is 2.18. The van der Waals surface area contributed by atoms with E-state index in [9.17, 15) is 4.79 Å². The number of hydrogen-bond donors (Lipinski definition) is 2. The first-order valence-corrected chi connectivity index (χ1v) is 10.8. The van der Waals surface area contributed by atoms with E-state index in [0.717, 1.165) is 36.8 Å². The average Bonchev–Trinajstić information content (AvgIpc) is 3.34. The molecule has 0 aliphatic carbocycles. The summed E-state index contributed by atoms with van der Waals surface area (Å²) in [7, 11) is 0. The van der Waals surface area contributed by atoms with Gasteiger partial charge in [-0.3, -0.25) is 0 Å². The van der Waals surface area contributed by atoms with Crippen LogP contribution in [0.1, 0.15) is 45.6 Å². The number of nitrogens with zero attached hydrogens (tertiary/aromatic N) is 3. The molecule has 1 unspecified atom stereocenters. The van der Waals surface area contributed by atoms with Crippen LogP contribution in [0.15, 0.2) is 39.9 Å². The van der Waals surface area contributed by atoms with Crippen molar-refractivity contribution in [2.24, 2.45) is 4.99 Å². The largest absolute Gasteiger partial charge is 0.444 e. The monoisotopic (exact) mass is 427 g/mol. The summed E-state index contributed by atoms with van der Waals surface area (Å²) in [5, 5.41) is 6.26. The van der Waals surface area contributed by atoms with Gasteiger partial charge in [-0.05, 0) is 41.0 Å². The number of hydrogen-bond acceptors (Lipinski definition) is 5. The fourth-order valence-corrected chi connectivity index (χ4v) is 3.35. The molecule has 3 rings (SSSR count). The molecule has 8 heteroatoms. The fraction of sp³-hybridized carbons (Fsp3) is 0.522. The fourth-order valence-electron chi connectivity index (χ4n) is 3.35. The SMILES string of the molecule is CCNC(=NCc1ncc(-c2ccc(C)cc2)o1)N1CCC(NC(=O)OC(C)(C)C)C1. The topological polar surface area (TPSA) is 92.0 Å². The summed E-state index contributed by atoms with van der Waals surface area (Å²) in [5.41, 5.74) is 1.69. The second kappa shape index (κ2) is 9.85. The minimum absolute atomic E-state index is 0.0218. The van der Waals surface area contributed by atoms with Gasteiger partial charge in [0, 0.05) is 25.2 Å². The number of likely N-dealkylation sites (tertiary alicyclic amines) is 1. The molecule has 2 aromatic rings. The van der Waals surface area contributed by atoms with Gasteiger partial charge in [0.2, 0.25) is 5.89 Å². The van der Waals surface area contributed by atoms with Crippen LogP contribution in [-0.2, 0) is 11.3 Å². The minimum atomic E-state index is -0.508.